The van der Waals surface area contributed by atoms with Crippen LogP contribution in [0.25, 0.3) is 0 Å². The van der Waals surface area contributed by atoms with Gasteiger partial charge < -0.3 is 20.7 Å². The first kappa shape index (κ1) is 14.2. The monoisotopic (exact) mass is 277 g/mol. The highest BCUT2D eigenvalue weighted by molar-refractivity contribution is 5.93. The van der Waals surface area contributed by atoms with Crippen molar-refractivity contribution in [3.63, 3.8) is 0 Å². The highest BCUT2D eigenvalue weighted by Crippen LogP contribution is 2.27. The SMILES string of the molecule is CCOC(=O)c1ccc(N)c(N2CCNC(=O)C2C)c1. The van der Waals surface area contributed by atoms with Gasteiger partial charge in [-0.1, -0.05) is 0 Å². The van der Waals surface area contributed by atoms with Crippen LogP contribution in [0.2, 0.25) is 0 Å². The molecule has 1 atom stereocenters. The van der Waals surface area contributed by atoms with E-state index >= 15 is 0 Å². The molecule has 1 unspecified atom stereocenters. The Labute approximate surface area is 117 Å². The fourth-order valence-corrected chi connectivity index (χ4v) is 2.25. The van der Waals surface area contributed by atoms with E-state index in [9.17, 15) is 9.59 Å². The minimum Gasteiger partial charge on any atom is -0.462 e. The van der Waals surface area contributed by atoms with Crippen molar-refractivity contribution in [3.05, 3.63) is 23.8 Å². The Morgan fingerprint density at radius 2 is 2.30 bits per heavy atom. The number of ether oxygens (including phenoxy) is 1. The number of hydrogen-bond acceptors (Lipinski definition) is 5. The van der Waals surface area contributed by atoms with Gasteiger partial charge in [-0.25, -0.2) is 4.79 Å². The molecular weight excluding hydrogens is 258 g/mol. The number of anilines is 2. The molecule has 0 saturated carbocycles. The molecule has 0 radical (unpaired) electrons. The van der Waals surface area contributed by atoms with Gasteiger partial charge in [-0.2, -0.15) is 0 Å². The number of benzene rings is 1. The van der Waals surface area contributed by atoms with Crippen LogP contribution in [-0.4, -0.2) is 37.6 Å². The first-order valence-corrected chi connectivity index (χ1v) is 6.65. The number of carbonyl (C=O) groups is 2. The summed E-state index contributed by atoms with van der Waals surface area (Å²) in [5.74, 6) is -0.431. The van der Waals surface area contributed by atoms with Crippen LogP contribution in [-0.2, 0) is 9.53 Å². The molecule has 1 amide bonds. The van der Waals surface area contributed by atoms with Gasteiger partial charge in [-0.15, -0.1) is 0 Å². The number of esters is 1. The third-order valence-electron chi connectivity index (χ3n) is 3.35. The fourth-order valence-electron chi connectivity index (χ4n) is 2.25. The maximum absolute atomic E-state index is 11.8. The zero-order chi connectivity index (χ0) is 14.7. The number of rotatable bonds is 3. The van der Waals surface area contributed by atoms with E-state index in [-0.39, 0.29) is 17.9 Å². The van der Waals surface area contributed by atoms with Crippen molar-refractivity contribution in [3.8, 4) is 0 Å². The van der Waals surface area contributed by atoms with Crippen LogP contribution < -0.4 is 16.0 Å². The van der Waals surface area contributed by atoms with Gasteiger partial charge in [0.05, 0.1) is 23.5 Å². The summed E-state index contributed by atoms with van der Waals surface area (Å²) in [7, 11) is 0. The molecule has 0 bridgehead atoms. The Kier molecular flexibility index (Phi) is 4.12. The summed E-state index contributed by atoms with van der Waals surface area (Å²) in [6, 6.07) is 4.66. The van der Waals surface area contributed by atoms with Crippen LogP contribution in [0.4, 0.5) is 11.4 Å². The summed E-state index contributed by atoms with van der Waals surface area (Å²) in [5, 5.41) is 2.80. The number of nitrogens with two attached hydrogens (primary N) is 1. The van der Waals surface area contributed by atoms with Crippen LogP contribution >= 0.6 is 0 Å². The molecule has 3 N–H and O–H groups in total. The lowest BCUT2D eigenvalue weighted by Crippen LogP contribution is -2.54. The average molecular weight is 277 g/mol. The second kappa shape index (κ2) is 5.81. The molecule has 1 aromatic rings. The zero-order valence-corrected chi connectivity index (χ0v) is 11.7. The summed E-state index contributed by atoms with van der Waals surface area (Å²) < 4.78 is 4.98. The number of carbonyl (C=O) groups excluding carboxylic acids is 2. The fraction of sp³-hybridized carbons (Fsp3) is 0.429. The number of hydrogen-bond donors (Lipinski definition) is 2. The van der Waals surface area contributed by atoms with Gasteiger partial charge in [-0.3, -0.25) is 4.79 Å². The normalized spacial score (nSPS) is 18.6. The van der Waals surface area contributed by atoms with E-state index in [1.54, 1.807) is 25.1 Å². The van der Waals surface area contributed by atoms with Crippen molar-refractivity contribution < 1.29 is 14.3 Å². The molecule has 108 valence electrons. The van der Waals surface area contributed by atoms with Gasteiger partial charge in [0.15, 0.2) is 0 Å². The minimum absolute atomic E-state index is 0.0443. The maximum atomic E-state index is 11.8. The van der Waals surface area contributed by atoms with Gasteiger partial charge in [0.25, 0.3) is 0 Å². The Balaban J connectivity index is 2.33. The molecule has 0 aromatic heterocycles. The first-order chi connectivity index (χ1) is 9.54. The molecule has 1 saturated heterocycles. The molecule has 1 heterocycles. The van der Waals surface area contributed by atoms with E-state index in [1.165, 1.54) is 0 Å². The highest BCUT2D eigenvalue weighted by Gasteiger charge is 2.27. The third-order valence-corrected chi connectivity index (χ3v) is 3.35. The van der Waals surface area contributed by atoms with Crippen LogP contribution in [0.3, 0.4) is 0 Å². The van der Waals surface area contributed by atoms with Crippen molar-refractivity contribution in [2.45, 2.75) is 19.9 Å². The molecule has 1 aliphatic heterocycles. The standard InChI is InChI=1S/C14H19N3O3/c1-3-20-14(19)10-4-5-11(15)12(8-10)17-7-6-16-13(18)9(17)2/h4-5,8-9H,3,6-7,15H2,1-2H3,(H,16,18). The van der Waals surface area contributed by atoms with Crippen molar-refractivity contribution in [1.82, 2.24) is 5.32 Å². The predicted octanol–water partition coefficient (Wildman–Crippen LogP) is 0.770. The Morgan fingerprint density at radius 1 is 1.55 bits per heavy atom. The third kappa shape index (κ3) is 2.68. The molecule has 6 nitrogen and oxygen atoms in total. The summed E-state index contributed by atoms with van der Waals surface area (Å²) in [5.41, 5.74) is 7.65. The number of amides is 1. The zero-order valence-electron chi connectivity index (χ0n) is 11.7. The summed E-state index contributed by atoms with van der Waals surface area (Å²) in [6.45, 7) is 5.11. The van der Waals surface area contributed by atoms with Gasteiger partial charge >= 0.3 is 5.97 Å². The number of nitrogens with zero attached hydrogens (tertiary/aromatic N) is 1. The Bertz CT molecular complexity index is 530. The first-order valence-electron chi connectivity index (χ1n) is 6.65. The number of nitrogen functional groups attached to an aromatic ring is 1. The largest absolute Gasteiger partial charge is 0.462 e. The van der Waals surface area contributed by atoms with Crippen LogP contribution in [0, 0.1) is 0 Å². The summed E-state index contributed by atoms with van der Waals surface area (Å²) >= 11 is 0. The van der Waals surface area contributed by atoms with E-state index in [4.69, 9.17) is 10.5 Å². The Morgan fingerprint density at radius 3 is 3.00 bits per heavy atom. The van der Waals surface area contributed by atoms with Crippen molar-refractivity contribution >= 4 is 23.3 Å². The van der Waals surface area contributed by atoms with Crippen molar-refractivity contribution in [2.24, 2.45) is 0 Å². The lowest BCUT2D eigenvalue weighted by molar-refractivity contribution is -0.122. The molecule has 1 fully saturated rings. The van der Waals surface area contributed by atoms with E-state index in [1.807, 2.05) is 11.8 Å². The van der Waals surface area contributed by atoms with Crippen molar-refractivity contribution in [1.29, 1.82) is 0 Å². The quantitative estimate of drug-likeness (QED) is 0.629. The average Bonchev–Trinajstić information content (AvgIpc) is 2.43. The van der Waals surface area contributed by atoms with E-state index in [0.717, 1.165) is 0 Å². The topological polar surface area (TPSA) is 84.7 Å². The predicted molar refractivity (Wildman–Crippen MR) is 76.6 cm³/mol. The second-order valence-electron chi connectivity index (χ2n) is 4.65. The van der Waals surface area contributed by atoms with Crippen LogP contribution in [0.5, 0.6) is 0 Å². The van der Waals surface area contributed by atoms with E-state index in [2.05, 4.69) is 5.32 Å². The van der Waals surface area contributed by atoms with Crippen LogP contribution in [0.15, 0.2) is 18.2 Å². The molecule has 20 heavy (non-hydrogen) atoms. The number of nitrogens with one attached hydrogen (secondary N) is 1. The van der Waals surface area contributed by atoms with Gasteiger partial charge in [-0.05, 0) is 32.0 Å². The molecule has 0 aliphatic carbocycles. The van der Waals surface area contributed by atoms with E-state index in [0.29, 0.717) is 36.6 Å². The molecule has 6 heteroatoms. The summed E-state index contributed by atoms with van der Waals surface area (Å²) in [6.07, 6.45) is 0. The number of piperazine rings is 1. The van der Waals surface area contributed by atoms with Gasteiger partial charge in [0.2, 0.25) is 5.91 Å². The molecule has 0 spiro atoms. The van der Waals surface area contributed by atoms with Gasteiger partial charge in [0.1, 0.15) is 6.04 Å². The Hall–Kier alpha value is -2.24. The molecule has 1 aromatic carbocycles. The molecular formula is C14H19N3O3. The maximum Gasteiger partial charge on any atom is 0.338 e. The van der Waals surface area contributed by atoms with Gasteiger partial charge in [0, 0.05) is 13.1 Å². The van der Waals surface area contributed by atoms with Crippen molar-refractivity contribution in [2.75, 3.05) is 30.3 Å². The summed E-state index contributed by atoms with van der Waals surface area (Å²) in [4.78, 5) is 25.4. The minimum atomic E-state index is -0.386. The van der Waals surface area contributed by atoms with Crippen LogP contribution in [0.1, 0.15) is 24.2 Å². The highest BCUT2D eigenvalue weighted by atomic mass is 16.5. The van der Waals surface area contributed by atoms with E-state index < -0.39 is 0 Å². The second-order valence-corrected chi connectivity index (χ2v) is 4.65. The lowest BCUT2D eigenvalue weighted by Gasteiger charge is -2.35. The molecule has 2 rings (SSSR count). The molecule has 1 aliphatic rings. The smallest absolute Gasteiger partial charge is 0.338 e. The lowest BCUT2D eigenvalue weighted by atomic mass is 10.1.